The van der Waals surface area contributed by atoms with Gasteiger partial charge in [0.1, 0.15) is 11.9 Å². The molecular formula is C18H21NO4. The fourth-order valence-electron chi connectivity index (χ4n) is 4.99. The summed E-state index contributed by atoms with van der Waals surface area (Å²) in [4.78, 5) is 2.53. The van der Waals surface area contributed by atoms with Gasteiger partial charge in [-0.25, -0.2) is 0 Å². The lowest BCUT2D eigenvalue weighted by molar-refractivity contribution is 0.0782. The highest BCUT2D eigenvalue weighted by molar-refractivity contribution is 5.54. The largest absolute Gasteiger partial charge is 0.499 e. The summed E-state index contributed by atoms with van der Waals surface area (Å²) >= 11 is 0. The monoisotopic (exact) mass is 315 g/mol. The summed E-state index contributed by atoms with van der Waals surface area (Å²) in [5, 5.41) is 11.0. The van der Waals surface area contributed by atoms with Gasteiger partial charge in [-0.1, -0.05) is 0 Å². The number of hydrogen-bond acceptors (Lipinski definition) is 5. The van der Waals surface area contributed by atoms with Gasteiger partial charge in [0.05, 0.1) is 12.6 Å². The first-order valence-electron chi connectivity index (χ1n) is 8.35. The number of nitrogens with zero attached hydrogens (tertiary/aromatic N) is 1. The van der Waals surface area contributed by atoms with Crippen LogP contribution in [0.1, 0.15) is 29.9 Å². The summed E-state index contributed by atoms with van der Waals surface area (Å²) in [6.07, 6.45) is 4.78. The number of methoxy groups -OCH3 is 1. The van der Waals surface area contributed by atoms with E-state index in [4.69, 9.17) is 14.2 Å². The average molecular weight is 315 g/mol. The molecule has 1 aliphatic carbocycles. The zero-order valence-electron chi connectivity index (χ0n) is 13.2. The van der Waals surface area contributed by atoms with Crippen molar-refractivity contribution in [2.45, 2.75) is 36.8 Å². The molecule has 4 aliphatic rings. The minimum Gasteiger partial charge on any atom is -0.499 e. The van der Waals surface area contributed by atoms with Gasteiger partial charge in [0.25, 0.3) is 0 Å². The van der Waals surface area contributed by atoms with Crippen molar-refractivity contribution in [2.24, 2.45) is 0 Å². The van der Waals surface area contributed by atoms with Gasteiger partial charge in [0.15, 0.2) is 11.5 Å². The summed E-state index contributed by atoms with van der Waals surface area (Å²) in [6, 6.07) is 4.19. The SMILES string of the molecule is COC1=C[C@]23CCCN2CCc2cc4c(cc2[C@H]3[C@H]1O)OCO4. The number of aliphatic hydroxyl groups is 1. The van der Waals surface area contributed by atoms with Gasteiger partial charge in [-0.3, -0.25) is 4.90 Å². The van der Waals surface area contributed by atoms with Gasteiger partial charge < -0.3 is 19.3 Å². The Bertz CT molecular complexity index is 701. The number of rotatable bonds is 1. The van der Waals surface area contributed by atoms with E-state index < -0.39 is 6.10 Å². The van der Waals surface area contributed by atoms with E-state index in [1.165, 1.54) is 11.1 Å². The van der Waals surface area contributed by atoms with E-state index in [-0.39, 0.29) is 18.2 Å². The highest BCUT2D eigenvalue weighted by atomic mass is 16.7. The molecule has 0 saturated carbocycles. The predicted molar refractivity (Wildman–Crippen MR) is 83.6 cm³/mol. The smallest absolute Gasteiger partial charge is 0.231 e. The highest BCUT2D eigenvalue weighted by Crippen LogP contribution is 2.54. The zero-order chi connectivity index (χ0) is 15.6. The van der Waals surface area contributed by atoms with Gasteiger partial charge in [-0.15, -0.1) is 0 Å². The minimum absolute atomic E-state index is 0.00644. The Balaban J connectivity index is 1.70. The second kappa shape index (κ2) is 4.65. The molecule has 1 aromatic carbocycles. The fourth-order valence-corrected chi connectivity index (χ4v) is 4.99. The molecule has 0 aromatic heterocycles. The van der Waals surface area contributed by atoms with E-state index in [1.54, 1.807) is 7.11 Å². The quantitative estimate of drug-likeness (QED) is 0.856. The summed E-state index contributed by atoms with van der Waals surface area (Å²) in [7, 11) is 1.65. The van der Waals surface area contributed by atoms with Gasteiger partial charge in [0, 0.05) is 12.5 Å². The number of ether oxygens (including phenoxy) is 3. The van der Waals surface area contributed by atoms with Crippen LogP contribution in [0.3, 0.4) is 0 Å². The molecule has 0 radical (unpaired) electrons. The molecule has 1 spiro atoms. The van der Waals surface area contributed by atoms with E-state index >= 15 is 0 Å². The standard InChI is InChI=1S/C18H21NO4/c1-21-15-9-18-4-2-5-19(18)6-3-11-7-13-14(23-10-22-13)8-12(11)16(18)17(15)20/h7-9,16-17,20H,2-6,10H2,1H3/t16-,17-,18-/m0/s1. The summed E-state index contributed by atoms with van der Waals surface area (Å²) in [6.45, 7) is 2.37. The number of hydrogen-bond donors (Lipinski definition) is 1. The van der Waals surface area contributed by atoms with Crippen molar-refractivity contribution < 1.29 is 19.3 Å². The molecule has 5 rings (SSSR count). The number of aliphatic hydroxyl groups excluding tert-OH is 1. The van der Waals surface area contributed by atoms with Crippen LogP contribution in [0, 0.1) is 0 Å². The maximum atomic E-state index is 11.0. The molecule has 1 aromatic rings. The van der Waals surface area contributed by atoms with E-state index in [0.717, 1.165) is 43.9 Å². The number of benzene rings is 1. The molecule has 0 unspecified atom stereocenters. The van der Waals surface area contributed by atoms with Crippen LogP contribution in [0.4, 0.5) is 0 Å². The van der Waals surface area contributed by atoms with Crippen molar-refractivity contribution in [1.29, 1.82) is 0 Å². The van der Waals surface area contributed by atoms with E-state index in [2.05, 4.69) is 23.1 Å². The average Bonchev–Trinajstić information content (AvgIpc) is 3.21. The Morgan fingerprint density at radius 2 is 2.09 bits per heavy atom. The first-order chi connectivity index (χ1) is 11.2. The Kier molecular flexibility index (Phi) is 2.77. The molecular weight excluding hydrogens is 294 g/mol. The van der Waals surface area contributed by atoms with Crippen molar-refractivity contribution in [3.05, 3.63) is 35.1 Å². The summed E-state index contributed by atoms with van der Waals surface area (Å²) in [5.74, 6) is 2.33. The normalized spacial score (nSPS) is 34.4. The molecule has 122 valence electrons. The Morgan fingerprint density at radius 1 is 1.26 bits per heavy atom. The third-order valence-electron chi connectivity index (χ3n) is 5.99. The molecule has 5 nitrogen and oxygen atoms in total. The van der Waals surface area contributed by atoms with Crippen LogP contribution in [-0.4, -0.2) is 48.6 Å². The molecule has 23 heavy (non-hydrogen) atoms. The third kappa shape index (κ3) is 1.69. The van der Waals surface area contributed by atoms with Gasteiger partial charge >= 0.3 is 0 Å². The van der Waals surface area contributed by atoms with E-state index in [9.17, 15) is 5.11 Å². The first-order valence-corrected chi connectivity index (χ1v) is 8.35. The maximum absolute atomic E-state index is 11.0. The Hall–Kier alpha value is -1.72. The molecule has 5 heteroatoms. The Labute approximate surface area is 135 Å². The lowest BCUT2D eigenvalue weighted by atomic mass is 9.78. The van der Waals surface area contributed by atoms with Crippen LogP contribution in [-0.2, 0) is 11.2 Å². The van der Waals surface area contributed by atoms with E-state index in [0.29, 0.717) is 5.76 Å². The van der Waals surface area contributed by atoms with Crippen molar-refractivity contribution in [3.8, 4) is 11.5 Å². The lowest BCUT2D eigenvalue weighted by Gasteiger charge is -2.38. The van der Waals surface area contributed by atoms with Gasteiger partial charge in [0.2, 0.25) is 6.79 Å². The molecule has 1 N–H and O–H groups in total. The van der Waals surface area contributed by atoms with Gasteiger partial charge in [-0.05, 0) is 55.1 Å². The molecule has 1 fully saturated rings. The van der Waals surface area contributed by atoms with Crippen LogP contribution in [0.5, 0.6) is 11.5 Å². The predicted octanol–water partition coefficient (Wildman–Crippen LogP) is 1.79. The zero-order valence-corrected chi connectivity index (χ0v) is 13.2. The van der Waals surface area contributed by atoms with Crippen molar-refractivity contribution >= 4 is 0 Å². The van der Waals surface area contributed by atoms with Crippen LogP contribution >= 0.6 is 0 Å². The molecule has 3 atom stereocenters. The van der Waals surface area contributed by atoms with Crippen LogP contribution in [0.2, 0.25) is 0 Å². The minimum atomic E-state index is -0.599. The van der Waals surface area contributed by atoms with Crippen LogP contribution < -0.4 is 9.47 Å². The maximum Gasteiger partial charge on any atom is 0.231 e. The van der Waals surface area contributed by atoms with Crippen molar-refractivity contribution in [3.63, 3.8) is 0 Å². The summed E-state index contributed by atoms with van der Waals surface area (Å²) in [5.41, 5.74) is 2.33. The molecule has 0 bridgehead atoms. The second-order valence-electron chi connectivity index (χ2n) is 6.91. The van der Waals surface area contributed by atoms with E-state index in [1.807, 2.05) is 0 Å². The lowest BCUT2D eigenvalue weighted by Crippen LogP contribution is -2.46. The van der Waals surface area contributed by atoms with Crippen LogP contribution in [0.15, 0.2) is 24.0 Å². The van der Waals surface area contributed by atoms with Gasteiger partial charge in [-0.2, -0.15) is 0 Å². The molecule has 1 saturated heterocycles. The van der Waals surface area contributed by atoms with Crippen molar-refractivity contribution in [1.82, 2.24) is 4.90 Å². The molecule has 0 amide bonds. The number of fused-ring (bicyclic) bond motifs is 3. The van der Waals surface area contributed by atoms with Crippen LogP contribution in [0.25, 0.3) is 0 Å². The third-order valence-corrected chi connectivity index (χ3v) is 5.99. The Morgan fingerprint density at radius 3 is 2.91 bits per heavy atom. The highest BCUT2D eigenvalue weighted by Gasteiger charge is 2.56. The first kappa shape index (κ1) is 13.7. The topological polar surface area (TPSA) is 51.2 Å². The second-order valence-corrected chi connectivity index (χ2v) is 6.91. The summed E-state index contributed by atoms with van der Waals surface area (Å²) < 4.78 is 16.6. The van der Waals surface area contributed by atoms with Crippen molar-refractivity contribution in [2.75, 3.05) is 27.0 Å². The molecule has 3 aliphatic heterocycles. The molecule has 3 heterocycles. The fraction of sp³-hybridized carbons (Fsp3) is 0.556.